The molecule has 0 amide bonds. The van der Waals surface area contributed by atoms with Gasteiger partial charge in [0.2, 0.25) is 10.0 Å². The zero-order chi connectivity index (χ0) is 14.6. The molecule has 102 valence electrons. The second-order valence-electron chi connectivity index (χ2n) is 3.83. The Morgan fingerprint density at radius 2 is 1.95 bits per heavy atom. The lowest BCUT2D eigenvalue weighted by atomic mass is 10.1. The van der Waals surface area contributed by atoms with E-state index < -0.39 is 10.0 Å². The molecule has 1 N–H and O–H groups in total. The molecular formula is C12H9ClN4O2S. The number of halogens is 1. The molecule has 1 heterocycles. The molecule has 2 aromatic rings. The summed E-state index contributed by atoms with van der Waals surface area (Å²) in [7, 11) is -3.73. The summed E-state index contributed by atoms with van der Waals surface area (Å²) in [5.41, 5.74) is 0.714. The standard InChI is InChI=1S/C12H9ClN4O2S/c13-11-12(16-6-5-15-11)17-20(18,19)8-10-4-2-1-3-9(10)7-14/h1-6H,8H2,(H,16,17). The van der Waals surface area contributed by atoms with Crippen LogP contribution in [0.4, 0.5) is 5.82 Å². The van der Waals surface area contributed by atoms with Crippen molar-refractivity contribution in [3.8, 4) is 6.07 Å². The van der Waals surface area contributed by atoms with Crippen LogP contribution in [-0.2, 0) is 15.8 Å². The number of nitrogens with zero attached hydrogens (tertiary/aromatic N) is 3. The van der Waals surface area contributed by atoms with Gasteiger partial charge in [-0.1, -0.05) is 29.8 Å². The van der Waals surface area contributed by atoms with Gasteiger partial charge >= 0.3 is 0 Å². The highest BCUT2D eigenvalue weighted by atomic mass is 35.5. The molecule has 1 aromatic heterocycles. The van der Waals surface area contributed by atoms with Crippen molar-refractivity contribution in [1.82, 2.24) is 9.97 Å². The summed E-state index contributed by atoms with van der Waals surface area (Å²) >= 11 is 5.74. The Morgan fingerprint density at radius 3 is 2.65 bits per heavy atom. The molecule has 2 rings (SSSR count). The fourth-order valence-corrected chi connectivity index (χ4v) is 2.92. The minimum Gasteiger partial charge on any atom is -0.264 e. The number of aromatic nitrogens is 2. The van der Waals surface area contributed by atoms with E-state index in [0.29, 0.717) is 11.1 Å². The highest BCUT2D eigenvalue weighted by Crippen LogP contribution is 2.18. The molecular weight excluding hydrogens is 300 g/mol. The van der Waals surface area contributed by atoms with Crippen LogP contribution in [0.1, 0.15) is 11.1 Å². The van der Waals surface area contributed by atoms with Crippen molar-refractivity contribution in [3.63, 3.8) is 0 Å². The predicted octanol–water partition coefficient (Wildman–Crippen LogP) is 1.94. The van der Waals surface area contributed by atoms with E-state index in [2.05, 4.69) is 14.7 Å². The average Bonchev–Trinajstić information content (AvgIpc) is 2.41. The van der Waals surface area contributed by atoms with Gasteiger partial charge in [0.1, 0.15) is 0 Å². The third-order valence-electron chi connectivity index (χ3n) is 2.39. The lowest BCUT2D eigenvalue weighted by Gasteiger charge is -2.08. The Kier molecular flexibility index (Phi) is 4.17. The third-order valence-corrected chi connectivity index (χ3v) is 3.86. The van der Waals surface area contributed by atoms with E-state index in [1.807, 2.05) is 6.07 Å². The number of benzene rings is 1. The van der Waals surface area contributed by atoms with Gasteiger partial charge in [0.05, 0.1) is 17.4 Å². The number of hydrogen-bond donors (Lipinski definition) is 1. The molecule has 0 bridgehead atoms. The molecule has 6 nitrogen and oxygen atoms in total. The Morgan fingerprint density at radius 1 is 1.25 bits per heavy atom. The normalized spacial score (nSPS) is 10.8. The molecule has 0 unspecified atom stereocenters. The van der Waals surface area contributed by atoms with Crippen LogP contribution < -0.4 is 4.72 Å². The van der Waals surface area contributed by atoms with Crippen LogP contribution in [-0.4, -0.2) is 18.4 Å². The number of anilines is 1. The van der Waals surface area contributed by atoms with Crippen LogP contribution in [0.15, 0.2) is 36.7 Å². The summed E-state index contributed by atoms with van der Waals surface area (Å²) in [4.78, 5) is 7.53. The highest BCUT2D eigenvalue weighted by Gasteiger charge is 2.16. The Hall–Kier alpha value is -2.17. The number of nitriles is 1. The molecule has 0 fully saturated rings. The van der Waals surface area contributed by atoms with Crippen molar-refractivity contribution in [2.75, 3.05) is 4.72 Å². The van der Waals surface area contributed by atoms with Gasteiger partial charge in [-0.3, -0.25) is 4.72 Å². The fraction of sp³-hybridized carbons (Fsp3) is 0.0833. The molecule has 0 aliphatic rings. The summed E-state index contributed by atoms with van der Waals surface area (Å²) in [5.74, 6) is -0.382. The predicted molar refractivity (Wildman–Crippen MR) is 74.4 cm³/mol. The maximum atomic E-state index is 12.0. The molecule has 0 radical (unpaired) electrons. The Labute approximate surface area is 121 Å². The minimum absolute atomic E-state index is 0.0374. The van der Waals surface area contributed by atoms with Crippen molar-refractivity contribution >= 4 is 27.4 Å². The van der Waals surface area contributed by atoms with E-state index in [9.17, 15) is 8.42 Å². The fourth-order valence-electron chi connectivity index (χ4n) is 1.53. The molecule has 1 aromatic carbocycles. The first-order chi connectivity index (χ1) is 9.52. The van der Waals surface area contributed by atoms with Gasteiger partial charge < -0.3 is 0 Å². The van der Waals surface area contributed by atoms with Gasteiger partial charge in [-0.05, 0) is 11.6 Å². The van der Waals surface area contributed by atoms with E-state index in [1.165, 1.54) is 12.4 Å². The van der Waals surface area contributed by atoms with Gasteiger partial charge in [-0.15, -0.1) is 0 Å². The number of hydrogen-bond acceptors (Lipinski definition) is 5. The maximum Gasteiger partial charge on any atom is 0.238 e. The topological polar surface area (TPSA) is 95.7 Å². The van der Waals surface area contributed by atoms with E-state index >= 15 is 0 Å². The van der Waals surface area contributed by atoms with Crippen LogP contribution in [0.5, 0.6) is 0 Å². The lowest BCUT2D eigenvalue weighted by Crippen LogP contribution is -2.17. The molecule has 0 saturated carbocycles. The molecule has 0 spiro atoms. The average molecular weight is 309 g/mol. The number of nitrogens with one attached hydrogen (secondary N) is 1. The zero-order valence-electron chi connectivity index (χ0n) is 10.1. The highest BCUT2D eigenvalue weighted by molar-refractivity contribution is 7.91. The first-order valence-corrected chi connectivity index (χ1v) is 7.50. The summed E-state index contributed by atoms with van der Waals surface area (Å²) in [5, 5.41) is 8.90. The van der Waals surface area contributed by atoms with E-state index in [4.69, 9.17) is 16.9 Å². The summed E-state index contributed by atoms with van der Waals surface area (Å²) < 4.78 is 26.3. The molecule has 0 aliphatic carbocycles. The van der Waals surface area contributed by atoms with Crippen LogP contribution >= 0.6 is 11.6 Å². The van der Waals surface area contributed by atoms with Crippen LogP contribution in [0.25, 0.3) is 0 Å². The van der Waals surface area contributed by atoms with Gasteiger partial charge in [-0.2, -0.15) is 5.26 Å². The minimum atomic E-state index is -3.73. The Balaban J connectivity index is 2.25. The third kappa shape index (κ3) is 3.44. The zero-order valence-corrected chi connectivity index (χ0v) is 11.7. The van der Waals surface area contributed by atoms with Gasteiger partial charge in [0, 0.05) is 12.4 Å². The van der Waals surface area contributed by atoms with Gasteiger partial charge in [-0.25, -0.2) is 18.4 Å². The Bertz CT molecular complexity index is 771. The monoisotopic (exact) mass is 308 g/mol. The molecule has 0 aliphatic heterocycles. The lowest BCUT2D eigenvalue weighted by molar-refractivity contribution is 0.600. The van der Waals surface area contributed by atoms with Crippen LogP contribution in [0.3, 0.4) is 0 Å². The second-order valence-corrected chi connectivity index (χ2v) is 5.91. The van der Waals surface area contributed by atoms with Crippen LogP contribution in [0, 0.1) is 11.3 Å². The number of rotatable bonds is 4. The first kappa shape index (κ1) is 14.2. The quantitative estimate of drug-likeness (QED) is 0.931. The first-order valence-electron chi connectivity index (χ1n) is 5.47. The van der Waals surface area contributed by atoms with E-state index in [1.54, 1.807) is 24.3 Å². The number of sulfonamides is 1. The van der Waals surface area contributed by atoms with Crippen molar-refractivity contribution in [3.05, 3.63) is 52.9 Å². The largest absolute Gasteiger partial charge is 0.264 e. The van der Waals surface area contributed by atoms with Crippen molar-refractivity contribution in [2.45, 2.75) is 5.75 Å². The molecule has 8 heteroatoms. The van der Waals surface area contributed by atoms with E-state index in [0.717, 1.165) is 0 Å². The molecule has 0 saturated heterocycles. The van der Waals surface area contributed by atoms with Gasteiger partial charge in [0.15, 0.2) is 11.0 Å². The van der Waals surface area contributed by atoms with Crippen molar-refractivity contribution in [1.29, 1.82) is 5.26 Å². The smallest absolute Gasteiger partial charge is 0.238 e. The summed E-state index contributed by atoms with van der Waals surface area (Å²) in [6.45, 7) is 0. The van der Waals surface area contributed by atoms with E-state index in [-0.39, 0.29) is 16.7 Å². The molecule has 20 heavy (non-hydrogen) atoms. The van der Waals surface area contributed by atoms with Crippen molar-refractivity contribution < 1.29 is 8.42 Å². The SMILES string of the molecule is N#Cc1ccccc1CS(=O)(=O)Nc1nccnc1Cl. The van der Waals surface area contributed by atoms with Crippen molar-refractivity contribution in [2.24, 2.45) is 0 Å². The van der Waals surface area contributed by atoms with Crippen LogP contribution in [0.2, 0.25) is 5.15 Å². The summed E-state index contributed by atoms with van der Waals surface area (Å²) in [6.07, 6.45) is 2.68. The summed E-state index contributed by atoms with van der Waals surface area (Å²) in [6, 6.07) is 8.42. The maximum absolute atomic E-state index is 12.0. The van der Waals surface area contributed by atoms with Gasteiger partial charge in [0.25, 0.3) is 0 Å². The second kappa shape index (κ2) is 5.86. The molecule has 0 atom stereocenters.